The minimum atomic E-state index is 0.718. The molecule has 1 aliphatic rings. The third kappa shape index (κ3) is 0.956. The maximum Gasteiger partial charge on any atom is 0.0374 e. The van der Waals surface area contributed by atoms with Crippen LogP contribution >= 0.6 is 0 Å². The Morgan fingerprint density at radius 2 is 2.10 bits per heavy atom. The van der Waals surface area contributed by atoms with Crippen LogP contribution in [0.5, 0.6) is 0 Å². The fraction of sp³-hybridized carbons (Fsp3) is 1.00. The van der Waals surface area contributed by atoms with Gasteiger partial charge in [-0.25, -0.2) is 0 Å². The van der Waals surface area contributed by atoms with Crippen molar-refractivity contribution in [2.45, 2.75) is 38.4 Å². The second kappa shape index (κ2) is 2.89. The van der Waals surface area contributed by atoms with Crippen molar-refractivity contribution in [3.8, 4) is 0 Å². The van der Waals surface area contributed by atoms with Crippen LogP contribution in [0.3, 0.4) is 0 Å². The van der Waals surface area contributed by atoms with Gasteiger partial charge in [-0.3, -0.25) is 4.90 Å². The molecule has 1 heterocycles. The monoisotopic (exact) mass is 142 g/mol. The second-order valence-electron chi connectivity index (χ2n) is 3.20. The summed E-state index contributed by atoms with van der Waals surface area (Å²) < 4.78 is 0. The molecule has 0 aliphatic carbocycles. The average Bonchev–Trinajstić information content (AvgIpc) is 1.97. The van der Waals surface area contributed by atoms with E-state index < -0.39 is 0 Å². The van der Waals surface area contributed by atoms with E-state index in [1.807, 2.05) is 0 Å². The van der Waals surface area contributed by atoms with E-state index in [1.54, 1.807) is 0 Å². The molecule has 2 nitrogen and oxygen atoms in total. The van der Waals surface area contributed by atoms with Crippen molar-refractivity contribution in [2.75, 3.05) is 14.1 Å². The molecule has 1 aliphatic heterocycles. The Morgan fingerprint density at radius 3 is 2.40 bits per heavy atom. The van der Waals surface area contributed by atoms with Crippen LogP contribution in [0, 0.1) is 0 Å². The summed E-state index contributed by atoms with van der Waals surface area (Å²) in [7, 11) is 4.25. The van der Waals surface area contributed by atoms with Gasteiger partial charge in [-0.15, -0.1) is 0 Å². The van der Waals surface area contributed by atoms with Crippen molar-refractivity contribution in [2.24, 2.45) is 0 Å². The van der Waals surface area contributed by atoms with Crippen molar-refractivity contribution in [3.05, 3.63) is 0 Å². The maximum absolute atomic E-state index is 3.34. The summed E-state index contributed by atoms with van der Waals surface area (Å²) in [5, 5.41) is 3.34. The van der Waals surface area contributed by atoms with Crippen molar-refractivity contribution < 1.29 is 0 Å². The first-order chi connectivity index (χ1) is 4.72. The number of hydrogen-bond acceptors (Lipinski definition) is 2. The highest BCUT2D eigenvalue weighted by atomic mass is 15.3. The predicted octanol–water partition coefficient (Wildman–Crippen LogP) is 0.687. The highest BCUT2D eigenvalue weighted by Gasteiger charge is 2.40. The average molecular weight is 142 g/mol. The van der Waals surface area contributed by atoms with Gasteiger partial charge >= 0.3 is 0 Å². The Morgan fingerprint density at radius 1 is 1.50 bits per heavy atom. The van der Waals surface area contributed by atoms with Gasteiger partial charge in [-0.2, -0.15) is 0 Å². The topological polar surface area (TPSA) is 15.3 Å². The van der Waals surface area contributed by atoms with Crippen molar-refractivity contribution in [1.29, 1.82) is 0 Å². The minimum absolute atomic E-state index is 0.718. The van der Waals surface area contributed by atoms with Gasteiger partial charge in [0.25, 0.3) is 0 Å². The number of likely N-dealkylation sites (N-methyl/N-ethyl adjacent to an activating group) is 2. The Balaban J connectivity index is 2.44. The fourth-order valence-corrected chi connectivity index (χ4v) is 2.00. The predicted molar refractivity (Wildman–Crippen MR) is 44.2 cm³/mol. The molecule has 1 rings (SSSR count). The molecular weight excluding hydrogens is 124 g/mol. The first kappa shape index (κ1) is 8.02. The fourth-order valence-electron chi connectivity index (χ4n) is 2.00. The summed E-state index contributed by atoms with van der Waals surface area (Å²) in [6.45, 7) is 4.52. The van der Waals surface area contributed by atoms with E-state index in [-0.39, 0.29) is 0 Å². The van der Waals surface area contributed by atoms with Crippen LogP contribution in [0.4, 0.5) is 0 Å². The molecule has 10 heavy (non-hydrogen) atoms. The van der Waals surface area contributed by atoms with Crippen LogP contribution < -0.4 is 5.32 Å². The van der Waals surface area contributed by atoms with Gasteiger partial charge in [0.1, 0.15) is 0 Å². The van der Waals surface area contributed by atoms with Crippen LogP contribution in [0.25, 0.3) is 0 Å². The summed E-state index contributed by atoms with van der Waals surface area (Å²) in [5.74, 6) is 0. The molecule has 0 aromatic heterocycles. The van der Waals surface area contributed by atoms with Crippen molar-refractivity contribution >= 4 is 0 Å². The zero-order valence-electron chi connectivity index (χ0n) is 7.39. The van der Waals surface area contributed by atoms with E-state index in [4.69, 9.17) is 0 Å². The van der Waals surface area contributed by atoms with E-state index in [9.17, 15) is 0 Å². The third-order valence-corrected chi connectivity index (χ3v) is 2.85. The lowest BCUT2D eigenvalue weighted by Gasteiger charge is -2.52. The first-order valence-corrected chi connectivity index (χ1v) is 4.11. The summed E-state index contributed by atoms with van der Waals surface area (Å²) >= 11 is 0. The van der Waals surface area contributed by atoms with E-state index >= 15 is 0 Å². The van der Waals surface area contributed by atoms with Gasteiger partial charge in [-0.1, -0.05) is 6.92 Å². The summed E-state index contributed by atoms with van der Waals surface area (Å²) in [4.78, 5) is 2.43. The van der Waals surface area contributed by atoms with Crippen LogP contribution in [0.2, 0.25) is 0 Å². The molecule has 0 amide bonds. The SMILES string of the molecule is CCC1C(NC)C(C)N1C. The molecule has 0 aromatic rings. The maximum atomic E-state index is 3.34. The number of likely N-dealkylation sites (tertiary alicyclic amines) is 1. The number of hydrogen-bond donors (Lipinski definition) is 1. The van der Waals surface area contributed by atoms with E-state index in [2.05, 4.69) is 38.2 Å². The van der Waals surface area contributed by atoms with Crippen LogP contribution in [0.1, 0.15) is 20.3 Å². The highest BCUT2D eigenvalue weighted by molar-refractivity contribution is 5.00. The van der Waals surface area contributed by atoms with E-state index in [0.717, 1.165) is 18.1 Å². The number of rotatable bonds is 2. The van der Waals surface area contributed by atoms with Gasteiger partial charge in [0.05, 0.1) is 0 Å². The molecule has 1 N–H and O–H groups in total. The van der Waals surface area contributed by atoms with Gasteiger partial charge in [0, 0.05) is 18.1 Å². The highest BCUT2D eigenvalue weighted by Crippen LogP contribution is 2.25. The standard InChI is InChI=1S/C8H18N2/c1-5-7-8(9-3)6(2)10(7)4/h6-9H,5H2,1-4H3. The summed E-state index contributed by atoms with van der Waals surface area (Å²) in [5.41, 5.74) is 0. The molecule has 60 valence electrons. The third-order valence-electron chi connectivity index (χ3n) is 2.85. The van der Waals surface area contributed by atoms with E-state index in [0.29, 0.717) is 0 Å². The van der Waals surface area contributed by atoms with Crippen LogP contribution in [0.15, 0.2) is 0 Å². The molecule has 3 atom stereocenters. The minimum Gasteiger partial charge on any atom is -0.314 e. The van der Waals surface area contributed by atoms with Crippen LogP contribution in [-0.4, -0.2) is 37.1 Å². The zero-order chi connectivity index (χ0) is 7.72. The van der Waals surface area contributed by atoms with Gasteiger partial charge in [-0.05, 0) is 27.4 Å². The first-order valence-electron chi connectivity index (χ1n) is 4.11. The molecule has 0 radical (unpaired) electrons. The molecule has 1 saturated heterocycles. The van der Waals surface area contributed by atoms with Crippen LogP contribution in [-0.2, 0) is 0 Å². The Kier molecular flexibility index (Phi) is 2.32. The van der Waals surface area contributed by atoms with E-state index in [1.165, 1.54) is 6.42 Å². The number of nitrogens with zero attached hydrogens (tertiary/aromatic N) is 1. The molecule has 2 heteroatoms. The molecule has 0 bridgehead atoms. The molecule has 0 saturated carbocycles. The molecular formula is C8H18N2. The Hall–Kier alpha value is -0.0800. The Bertz CT molecular complexity index is 99.8. The van der Waals surface area contributed by atoms with Gasteiger partial charge in [0.2, 0.25) is 0 Å². The zero-order valence-corrected chi connectivity index (χ0v) is 7.39. The smallest absolute Gasteiger partial charge is 0.0374 e. The molecule has 0 aromatic carbocycles. The molecule has 3 unspecified atom stereocenters. The van der Waals surface area contributed by atoms with Gasteiger partial charge in [0.15, 0.2) is 0 Å². The number of nitrogens with one attached hydrogen (secondary N) is 1. The normalized spacial score (nSPS) is 41.4. The lowest BCUT2D eigenvalue weighted by molar-refractivity contribution is 0.00832. The quantitative estimate of drug-likeness (QED) is 0.610. The van der Waals surface area contributed by atoms with Crippen molar-refractivity contribution in [3.63, 3.8) is 0 Å². The Labute approximate surface area is 63.6 Å². The van der Waals surface area contributed by atoms with Gasteiger partial charge < -0.3 is 5.32 Å². The molecule has 0 spiro atoms. The lowest BCUT2D eigenvalue weighted by atomic mass is 9.87. The summed E-state index contributed by atoms with van der Waals surface area (Å²) in [6, 6.07) is 2.20. The lowest BCUT2D eigenvalue weighted by Crippen LogP contribution is -2.68. The molecule has 1 fully saturated rings. The summed E-state index contributed by atoms with van der Waals surface area (Å²) in [6.07, 6.45) is 1.26. The van der Waals surface area contributed by atoms with Crippen molar-refractivity contribution in [1.82, 2.24) is 10.2 Å². The second-order valence-corrected chi connectivity index (χ2v) is 3.20. The largest absolute Gasteiger partial charge is 0.314 e.